The summed E-state index contributed by atoms with van der Waals surface area (Å²) in [4.78, 5) is 35.7. The fourth-order valence-electron chi connectivity index (χ4n) is 6.31. The van der Waals surface area contributed by atoms with Gasteiger partial charge in [0.15, 0.2) is 5.82 Å². The van der Waals surface area contributed by atoms with Gasteiger partial charge in [0.05, 0.1) is 11.7 Å². The van der Waals surface area contributed by atoms with Gasteiger partial charge in [0.2, 0.25) is 0 Å². The Hall–Kier alpha value is -3.58. The van der Waals surface area contributed by atoms with E-state index in [9.17, 15) is 14.0 Å². The molecule has 0 radical (unpaired) electrons. The maximum Gasteiger partial charge on any atom is 0.406 e. The van der Waals surface area contributed by atoms with Crippen molar-refractivity contribution in [3.8, 4) is 11.6 Å². The van der Waals surface area contributed by atoms with Crippen molar-refractivity contribution in [3.63, 3.8) is 0 Å². The highest BCUT2D eigenvalue weighted by molar-refractivity contribution is 5.97. The van der Waals surface area contributed by atoms with Gasteiger partial charge in [-0.2, -0.15) is 0 Å². The predicted molar refractivity (Wildman–Crippen MR) is 163 cm³/mol. The molecule has 44 heavy (non-hydrogen) atoms. The number of carbonyl (C=O) groups is 2. The molecule has 12 nitrogen and oxygen atoms in total. The highest BCUT2D eigenvalue weighted by atomic mass is 19.1. The summed E-state index contributed by atoms with van der Waals surface area (Å²) in [5.74, 6) is 0.468. The minimum atomic E-state index is -0.524. The number of benzene rings is 1. The van der Waals surface area contributed by atoms with Crippen LogP contribution in [0.3, 0.4) is 0 Å². The Labute approximate surface area is 259 Å². The molecule has 1 spiro atoms. The molecule has 2 saturated heterocycles. The van der Waals surface area contributed by atoms with Crippen LogP contribution >= 0.6 is 0 Å². The maximum atomic E-state index is 14.3. The number of likely N-dealkylation sites (tertiary alicyclic amines) is 1. The van der Waals surface area contributed by atoms with E-state index in [1.165, 1.54) is 31.6 Å². The van der Waals surface area contributed by atoms with E-state index in [0.29, 0.717) is 18.3 Å². The lowest BCUT2D eigenvalue weighted by atomic mass is 9.76. The zero-order chi connectivity index (χ0) is 32.0. The molecule has 2 aliphatic heterocycles. The summed E-state index contributed by atoms with van der Waals surface area (Å²) < 4.78 is 31.3. The van der Waals surface area contributed by atoms with Crippen LogP contribution in [0.15, 0.2) is 24.5 Å². The topological polar surface area (TPSA) is 122 Å². The lowest BCUT2D eigenvalue weighted by molar-refractivity contribution is -0.0581. The molecule has 1 aromatic carbocycles. The largest absolute Gasteiger partial charge is 0.447 e. The normalized spacial score (nSPS) is 17.5. The molecular weight excluding hydrogens is 569 g/mol. The Morgan fingerprint density at radius 2 is 1.93 bits per heavy atom. The van der Waals surface area contributed by atoms with E-state index in [4.69, 9.17) is 14.2 Å². The second-order valence-electron chi connectivity index (χ2n) is 12.3. The van der Waals surface area contributed by atoms with Crippen LogP contribution in [0.4, 0.5) is 15.0 Å². The first-order valence-electron chi connectivity index (χ1n) is 15.3. The first-order valence-corrected chi connectivity index (χ1v) is 15.3. The number of amides is 2. The molecule has 4 rings (SSSR count). The fourth-order valence-corrected chi connectivity index (χ4v) is 6.31. The molecule has 242 valence electrons. The number of aromatic nitrogens is 3. The van der Waals surface area contributed by atoms with Gasteiger partial charge in [-0.3, -0.25) is 9.69 Å². The van der Waals surface area contributed by atoms with E-state index in [2.05, 4.69) is 44.1 Å². The predicted octanol–water partition coefficient (Wildman–Crippen LogP) is 3.97. The summed E-state index contributed by atoms with van der Waals surface area (Å²) in [5.41, 5.74) is 0.214. The van der Waals surface area contributed by atoms with Crippen molar-refractivity contribution in [2.45, 2.75) is 65.6 Å². The number of halogens is 1. The molecule has 2 amide bonds. The number of nitrogens with zero attached hydrogens (tertiary/aromatic N) is 6. The summed E-state index contributed by atoms with van der Waals surface area (Å²) in [7, 11) is 3.18. The minimum absolute atomic E-state index is 0.0632. The first kappa shape index (κ1) is 33.3. The summed E-state index contributed by atoms with van der Waals surface area (Å²) in [6, 6.07) is 4.12. The van der Waals surface area contributed by atoms with E-state index in [1.54, 1.807) is 12.0 Å². The van der Waals surface area contributed by atoms with E-state index < -0.39 is 11.9 Å². The monoisotopic (exact) mass is 615 g/mol. The van der Waals surface area contributed by atoms with Gasteiger partial charge < -0.3 is 29.3 Å². The number of methoxy groups -OCH3 is 1. The van der Waals surface area contributed by atoms with Gasteiger partial charge >= 0.3 is 6.09 Å². The molecule has 0 bridgehead atoms. The molecule has 1 unspecified atom stereocenters. The lowest BCUT2D eigenvalue weighted by Gasteiger charge is -2.53. The third kappa shape index (κ3) is 7.55. The average Bonchev–Trinajstić information content (AvgIpc) is 3.43. The van der Waals surface area contributed by atoms with Crippen molar-refractivity contribution in [2.75, 3.05) is 58.4 Å². The molecule has 2 fully saturated rings. The number of rotatable bonds is 13. The standard InChI is InChI=1S/C31H46FN7O5/c1-8-39(21(4)5)29(40)24-13-22(32)9-10-26(24)44-28-27(34-19-35-36-28)37-12-11-31(16-37)17-38(18-31)25(20(2)3)14-23(42-7)15-43-30(41)33-6/h9-10,13,19-21,23,25H,8,11-12,14-18H2,1-7H3,(H,33,41)/t23-,25?/m0/s1. The first-order chi connectivity index (χ1) is 21.0. The SMILES string of the molecule is CCN(C(=O)c1cc(F)ccc1Oc1nncnc1N1CCC2(C1)CN(C(C[C@@H](COC(=O)NC)OC)C(C)C)C2)C(C)C. The summed E-state index contributed by atoms with van der Waals surface area (Å²) in [6.45, 7) is 14.2. The minimum Gasteiger partial charge on any atom is -0.447 e. The van der Waals surface area contributed by atoms with E-state index in [1.807, 2.05) is 20.8 Å². The van der Waals surface area contributed by atoms with E-state index in [0.717, 1.165) is 39.0 Å². The third-order valence-electron chi connectivity index (χ3n) is 8.67. The van der Waals surface area contributed by atoms with Crippen LogP contribution in [0.5, 0.6) is 11.6 Å². The van der Waals surface area contributed by atoms with Gasteiger partial charge in [-0.25, -0.2) is 14.2 Å². The summed E-state index contributed by atoms with van der Waals surface area (Å²) in [5, 5.41) is 10.6. The van der Waals surface area contributed by atoms with Crippen molar-refractivity contribution >= 4 is 17.8 Å². The number of anilines is 1. The van der Waals surface area contributed by atoms with E-state index in [-0.39, 0.29) is 53.3 Å². The molecule has 0 aliphatic carbocycles. The molecule has 3 heterocycles. The van der Waals surface area contributed by atoms with Crippen molar-refractivity contribution in [2.24, 2.45) is 11.3 Å². The summed E-state index contributed by atoms with van der Waals surface area (Å²) in [6.07, 6.45) is 2.45. The number of carbonyl (C=O) groups excluding carboxylic acids is 2. The number of hydrogen-bond donors (Lipinski definition) is 1. The summed E-state index contributed by atoms with van der Waals surface area (Å²) >= 11 is 0. The Bertz CT molecular complexity index is 1290. The molecule has 2 aromatic rings. The average molecular weight is 616 g/mol. The van der Waals surface area contributed by atoms with E-state index >= 15 is 0 Å². The Balaban J connectivity index is 1.45. The Morgan fingerprint density at radius 3 is 2.57 bits per heavy atom. The number of alkyl carbamates (subject to hydrolysis) is 1. The van der Waals surface area contributed by atoms with Gasteiger partial charge in [-0.1, -0.05) is 13.8 Å². The molecule has 2 aliphatic rings. The van der Waals surface area contributed by atoms with Gasteiger partial charge in [-0.15, -0.1) is 10.2 Å². The molecular formula is C31H46FN7O5. The molecule has 2 atom stereocenters. The van der Waals surface area contributed by atoms with Crippen molar-refractivity contribution in [1.82, 2.24) is 30.3 Å². The quantitative estimate of drug-likeness (QED) is 0.354. The van der Waals surface area contributed by atoms with Crippen LogP contribution in [0, 0.1) is 17.2 Å². The van der Waals surface area contributed by atoms with Gasteiger partial charge in [0, 0.05) is 64.4 Å². The fraction of sp³-hybridized carbons (Fsp3) is 0.645. The number of nitrogens with one attached hydrogen (secondary N) is 1. The highest BCUT2D eigenvalue weighted by Gasteiger charge is 2.50. The number of ether oxygens (including phenoxy) is 3. The van der Waals surface area contributed by atoms with Crippen LogP contribution < -0.4 is 15.0 Å². The second-order valence-corrected chi connectivity index (χ2v) is 12.3. The van der Waals surface area contributed by atoms with Crippen LogP contribution in [0.2, 0.25) is 0 Å². The van der Waals surface area contributed by atoms with Gasteiger partial charge in [-0.05, 0) is 57.7 Å². The molecule has 1 aromatic heterocycles. The van der Waals surface area contributed by atoms with Crippen LogP contribution in [-0.4, -0.2) is 109 Å². The second kappa shape index (κ2) is 14.5. The lowest BCUT2D eigenvalue weighted by Crippen LogP contribution is -2.62. The van der Waals surface area contributed by atoms with Crippen LogP contribution in [0.1, 0.15) is 57.8 Å². The molecule has 0 saturated carbocycles. The van der Waals surface area contributed by atoms with Crippen LogP contribution in [0.25, 0.3) is 0 Å². The Morgan fingerprint density at radius 1 is 1.18 bits per heavy atom. The Kier molecular flexibility index (Phi) is 11.0. The molecule has 1 N–H and O–H groups in total. The van der Waals surface area contributed by atoms with Crippen molar-refractivity contribution in [1.29, 1.82) is 0 Å². The van der Waals surface area contributed by atoms with Crippen LogP contribution in [-0.2, 0) is 9.47 Å². The number of hydrogen-bond acceptors (Lipinski definition) is 10. The zero-order valence-corrected chi connectivity index (χ0v) is 26.9. The van der Waals surface area contributed by atoms with Gasteiger partial charge in [0.1, 0.15) is 24.5 Å². The van der Waals surface area contributed by atoms with Gasteiger partial charge in [0.25, 0.3) is 11.8 Å². The smallest absolute Gasteiger partial charge is 0.406 e. The van der Waals surface area contributed by atoms with Crippen molar-refractivity contribution < 1.29 is 28.2 Å². The highest BCUT2D eigenvalue weighted by Crippen LogP contribution is 2.44. The maximum absolute atomic E-state index is 14.3. The van der Waals surface area contributed by atoms with Crippen molar-refractivity contribution in [3.05, 3.63) is 35.9 Å². The third-order valence-corrected chi connectivity index (χ3v) is 8.67. The zero-order valence-electron chi connectivity index (χ0n) is 26.9. The molecule has 13 heteroatoms.